The average Bonchev–Trinajstić information content (AvgIpc) is 2.47. The molecule has 3 nitrogen and oxygen atoms in total. The highest BCUT2D eigenvalue weighted by Gasteiger charge is 2.09. The van der Waals surface area contributed by atoms with Crippen LogP contribution in [0.2, 0.25) is 0 Å². The standard InChI is InChI=1S/C17H15NO2S/c1-21(19,20)13-8-6-12(7-9-13)14-10-11-17(18)16-5-3-2-4-15(14)16/h2-11H,18H2,1H3. The molecular weight excluding hydrogens is 282 g/mol. The van der Waals surface area contributed by atoms with Gasteiger partial charge in [0, 0.05) is 17.3 Å². The fraction of sp³-hybridized carbons (Fsp3) is 0.0588. The Morgan fingerprint density at radius 1 is 0.810 bits per heavy atom. The normalized spacial score (nSPS) is 11.7. The van der Waals surface area contributed by atoms with E-state index in [1.165, 1.54) is 6.26 Å². The Labute approximate surface area is 124 Å². The minimum absolute atomic E-state index is 0.325. The second kappa shape index (κ2) is 4.90. The van der Waals surface area contributed by atoms with Crippen LogP contribution >= 0.6 is 0 Å². The molecule has 0 amide bonds. The summed E-state index contributed by atoms with van der Waals surface area (Å²) in [6.45, 7) is 0. The van der Waals surface area contributed by atoms with E-state index in [0.29, 0.717) is 4.90 Å². The van der Waals surface area contributed by atoms with Gasteiger partial charge in [-0.05, 0) is 34.7 Å². The summed E-state index contributed by atoms with van der Waals surface area (Å²) in [7, 11) is -3.17. The van der Waals surface area contributed by atoms with Crippen LogP contribution in [0.4, 0.5) is 5.69 Å². The highest BCUT2D eigenvalue weighted by Crippen LogP contribution is 2.32. The Kier molecular flexibility index (Phi) is 3.18. The topological polar surface area (TPSA) is 60.2 Å². The van der Waals surface area contributed by atoms with E-state index >= 15 is 0 Å². The van der Waals surface area contributed by atoms with Crippen molar-refractivity contribution in [2.75, 3.05) is 12.0 Å². The van der Waals surface area contributed by atoms with Gasteiger partial charge >= 0.3 is 0 Å². The predicted molar refractivity (Wildman–Crippen MR) is 86.9 cm³/mol. The Morgan fingerprint density at radius 3 is 2.05 bits per heavy atom. The van der Waals surface area contributed by atoms with Gasteiger partial charge in [-0.25, -0.2) is 8.42 Å². The van der Waals surface area contributed by atoms with Crippen LogP contribution in [0.1, 0.15) is 0 Å². The number of sulfone groups is 1. The molecule has 0 atom stereocenters. The molecule has 0 heterocycles. The number of nitrogens with two attached hydrogens (primary N) is 1. The number of benzene rings is 3. The maximum Gasteiger partial charge on any atom is 0.175 e. The average molecular weight is 297 g/mol. The number of hydrogen-bond acceptors (Lipinski definition) is 3. The van der Waals surface area contributed by atoms with Gasteiger partial charge in [0.2, 0.25) is 0 Å². The third-order valence-electron chi connectivity index (χ3n) is 3.55. The fourth-order valence-electron chi connectivity index (χ4n) is 2.46. The Balaban J connectivity index is 2.20. The first-order valence-corrected chi connectivity index (χ1v) is 8.44. The van der Waals surface area contributed by atoms with Gasteiger partial charge in [0.1, 0.15) is 0 Å². The molecule has 0 radical (unpaired) electrons. The van der Waals surface area contributed by atoms with Gasteiger partial charge in [0.15, 0.2) is 9.84 Å². The lowest BCUT2D eigenvalue weighted by molar-refractivity contribution is 0.602. The van der Waals surface area contributed by atoms with E-state index in [0.717, 1.165) is 27.6 Å². The van der Waals surface area contributed by atoms with Crippen LogP contribution < -0.4 is 5.73 Å². The largest absolute Gasteiger partial charge is 0.398 e. The molecule has 0 spiro atoms. The number of rotatable bonds is 2. The summed E-state index contributed by atoms with van der Waals surface area (Å²) in [5, 5.41) is 2.06. The van der Waals surface area contributed by atoms with Crippen molar-refractivity contribution in [3.05, 3.63) is 60.7 Å². The lowest BCUT2D eigenvalue weighted by Gasteiger charge is -2.09. The SMILES string of the molecule is CS(=O)(=O)c1ccc(-c2ccc(N)c3ccccc23)cc1. The summed E-state index contributed by atoms with van der Waals surface area (Å²) in [4.78, 5) is 0.325. The van der Waals surface area contributed by atoms with Gasteiger partial charge in [-0.2, -0.15) is 0 Å². The first-order valence-electron chi connectivity index (χ1n) is 6.54. The second-order valence-electron chi connectivity index (χ2n) is 5.04. The molecule has 0 fully saturated rings. The van der Waals surface area contributed by atoms with Crippen molar-refractivity contribution in [1.29, 1.82) is 0 Å². The Morgan fingerprint density at radius 2 is 1.43 bits per heavy atom. The Hall–Kier alpha value is -2.33. The number of nitrogen functional groups attached to an aromatic ring is 1. The summed E-state index contributed by atoms with van der Waals surface area (Å²) in [6.07, 6.45) is 1.21. The molecule has 2 N–H and O–H groups in total. The van der Waals surface area contributed by atoms with E-state index in [9.17, 15) is 8.42 Å². The molecule has 0 saturated heterocycles. The predicted octanol–water partition coefficient (Wildman–Crippen LogP) is 3.49. The molecule has 0 bridgehead atoms. The van der Waals surface area contributed by atoms with Crippen molar-refractivity contribution < 1.29 is 8.42 Å². The van der Waals surface area contributed by atoms with Gasteiger partial charge in [-0.1, -0.05) is 42.5 Å². The van der Waals surface area contributed by atoms with Gasteiger partial charge in [0.05, 0.1) is 4.90 Å². The van der Waals surface area contributed by atoms with Crippen molar-refractivity contribution in [2.24, 2.45) is 0 Å². The minimum Gasteiger partial charge on any atom is -0.398 e. The summed E-state index contributed by atoms with van der Waals surface area (Å²) in [5.74, 6) is 0. The monoisotopic (exact) mass is 297 g/mol. The quantitative estimate of drug-likeness (QED) is 0.736. The molecule has 0 aromatic heterocycles. The zero-order chi connectivity index (χ0) is 15.0. The van der Waals surface area contributed by atoms with Crippen molar-refractivity contribution in [3.8, 4) is 11.1 Å². The molecule has 21 heavy (non-hydrogen) atoms. The van der Waals surface area contributed by atoms with Gasteiger partial charge in [-0.15, -0.1) is 0 Å². The second-order valence-corrected chi connectivity index (χ2v) is 7.06. The van der Waals surface area contributed by atoms with Crippen LogP contribution in [-0.2, 0) is 9.84 Å². The maximum atomic E-state index is 11.5. The van der Waals surface area contributed by atoms with Crippen LogP contribution in [0.3, 0.4) is 0 Å². The maximum absolute atomic E-state index is 11.5. The number of fused-ring (bicyclic) bond motifs is 1. The molecule has 0 aliphatic heterocycles. The van der Waals surface area contributed by atoms with Crippen molar-refractivity contribution >= 4 is 26.3 Å². The molecule has 106 valence electrons. The van der Waals surface area contributed by atoms with Crippen LogP contribution in [0.25, 0.3) is 21.9 Å². The zero-order valence-electron chi connectivity index (χ0n) is 11.6. The van der Waals surface area contributed by atoms with E-state index in [1.807, 2.05) is 48.5 Å². The molecular formula is C17H15NO2S. The Bertz CT molecular complexity index is 913. The van der Waals surface area contributed by atoms with Crippen LogP contribution in [0.15, 0.2) is 65.6 Å². The summed E-state index contributed by atoms with van der Waals surface area (Å²) in [6, 6.07) is 18.7. The van der Waals surface area contributed by atoms with Crippen LogP contribution in [0, 0.1) is 0 Å². The smallest absolute Gasteiger partial charge is 0.175 e. The van der Waals surface area contributed by atoms with E-state index in [1.54, 1.807) is 12.1 Å². The van der Waals surface area contributed by atoms with Gasteiger partial charge in [0.25, 0.3) is 0 Å². The molecule has 3 aromatic carbocycles. The summed E-state index contributed by atoms with van der Waals surface area (Å²) in [5.41, 5.74) is 8.76. The third kappa shape index (κ3) is 2.50. The van der Waals surface area contributed by atoms with Gasteiger partial charge < -0.3 is 5.73 Å². The molecule has 4 heteroatoms. The van der Waals surface area contributed by atoms with E-state index in [2.05, 4.69) is 0 Å². The fourth-order valence-corrected chi connectivity index (χ4v) is 3.09. The van der Waals surface area contributed by atoms with E-state index in [4.69, 9.17) is 5.73 Å². The summed E-state index contributed by atoms with van der Waals surface area (Å²) >= 11 is 0. The summed E-state index contributed by atoms with van der Waals surface area (Å²) < 4.78 is 23.0. The first-order chi connectivity index (χ1) is 9.97. The third-order valence-corrected chi connectivity index (χ3v) is 4.68. The number of hydrogen-bond donors (Lipinski definition) is 1. The highest BCUT2D eigenvalue weighted by molar-refractivity contribution is 7.90. The lowest BCUT2D eigenvalue weighted by Crippen LogP contribution is -1.96. The molecule has 0 saturated carbocycles. The van der Waals surface area contributed by atoms with Crippen molar-refractivity contribution in [1.82, 2.24) is 0 Å². The van der Waals surface area contributed by atoms with Crippen molar-refractivity contribution in [2.45, 2.75) is 4.90 Å². The van der Waals surface area contributed by atoms with Crippen LogP contribution in [-0.4, -0.2) is 14.7 Å². The molecule has 3 rings (SSSR count). The van der Waals surface area contributed by atoms with E-state index in [-0.39, 0.29) is 0 Å². The zero-order valence-corrected chi connectivity index (χ0v) is 12.4. The molecule has 0 unspecified atom stereocenters. The molecule has 0 aliphatic rings. The number of anilines is 1. The van der Waals surface area contributed by atoms with E-state index < -0.39 is 9.84 Å². The minimum atomic E-state index is -3.17. The lowest BCUT2D eigenvalue weighted by atomic mass is 9.97. The van der Waals surface area contributed by atoms with Crippen LogP contribution in [0.5, 0.6) is 0 Å². The van der Waals surface area contributed by atoms with Crippen molar-refractivity contribution in [3.63, 3.8) is 0 Å². The highest BCUT2D eigenvalue weighted by atomic mass is 32.2. The first kappa shape index (κ1) is 13.6. The molecule has 0 aliphatic carbocycles. The molecule has 3 aromatic rings. The van der Waals surface area contributed by atoms with Gasteiger partial charge in [-0.3, -0.25) is 0 Å².